The summed E-state index contributed by atoms with van der Waals surface area (Å²) in [6.07, 6.45) is 3.66. The first-order chi connectivity index (χ1) is 8.90. The van der Waals surface area contributed by atoms with Crippen LogP contribution in [0.25, 0.3) is 11.0 Å². The molecule has 3 rings (SSSR count). The first kappa shape index (κ1) is 12.7. The Labute approximate surface area is 114 Å². The number of aryl methyl sites for hydroxylation is 1. The summed E-state index contributed by atoms with van der Waals surface area (Å²) in [5.41, 5.74) is 1.61. The third-order valence-electron chi connectivity index (χ3n) is 4.63. The van der Waals surface area contributed by atoms with Crippen molar-refractivity contribution in [1.82, 2.24) is 0 Å². The molecule has 0 saturated heterocycles. The van der Waals surface area contributed by atoms with Gasteiger partial charge in [0, 0.05) is 5.39 Å². The lowest BCUT2D eigenvalue weighted by Crippen LogP contribution is -2.34. The van der Waals surface area contributed by atoms with E-state index in [1.165, 1.54) is 0 Å². The highest BCUT2D eigenvalue weighted by molar-refractivity contribution is 5.81. The van der Waals surface area contributed by atoms with Crippen molar-refractivity contribution in [2.75, 3.05) is 0 Å². The van der Waals surface area contributed by atoms with Gasteiger partial charge in [0.2, 0.25) is 0 Å². The number of benzene rings is 1. The standard InChI is InChI=1S/C17H22O2/c1-12-5-4-6-13-11-14(19-15(12)13)17(18)9-7-16(2,3)8-10-17/h4-6,11,18H,7-10H2,1-3H3. The topological polar surface area (TPSA) is 33.4 Å². The van der Waals surface area contributed by atoms with Crippen molar-refractivity contribution in [3.63, 3.8) is 0 Å². The molecule has 0 aliphatic heterocycles. The molecule has 0 bridgehead atoms. The van der Waals surface area contributed by atoms with Gasteiger partial charge in [-0.25, -0.2) is 0 Å². The first-order valence-electron chi connectivity index (χ1n) is 7.12. The number of para-hydroxylation sites is 1. The number of furan rings is 1. The van der Waals surface area contributed by atoms with Crippen LogP contribution in [0.4, 0.5) is 0 Å². The van der Waals surface area contributed by atoms with Gasteiger partial charge >= 0.3 is 0 Å². The molecule has 1 aromatic carbocycles. The van der Waals surface area contributed by atoms with E-state index in [0.717, 1.165) is 48.0 Å². The fourth-order valence-electron chi connectivity index (χ4n) is 3.02. The van der Waals surface area contributed by atoms with E-state index in [4.69, 9.17) is 4.42 Å². The van der Waals surface area contributed by atoms with E-state index >= 15 is 0 Å². The summed E-state index contributed by atoms with van der Waals surface area (Å²) in [6.45, 7) is 6.59. The highest BCUT2D eigenvalue weighted by atomic mass is 16.4. The Morgan fingerprint density at radius 3 is 2.42 bits per heavy atom. The van der Waals surface area contributed by atoms with Crippen LogP contribution in [0, 0.1) is 12.3 Å². The summed E-state index contributed by atoms with van der Waals surface area (Å²) in [6, 6.07) is 8.14. The molecule has 0 atom stereocenters. The minimum Gasteiger partial charge on any atom is -0.458 e. The van der Waals surface area contributed by atoms with Crippen molar-refractivity contribution in [2.24, 2.45) is 5.41 Å². The number of hydrogen-bond donors (Lipinski definition) is 1. The summed E-state index contributed by atoms with van der Waals surface area (Å²) >= 11 is 0. The fraction of sp³-hybridized carbons (Fsp3) is 0.529. The Morgan fingerprint density at radius 2 is 1.79 bits per heavy atom. The van der Waals surface area contributed by atoms with Crippen molar-refractivity contribution < 1.29 is 9.52 Å². The molecule has 0 unspecified atom stereocenters. The minimum absolute atomic E-state index is 0.341. The van der Waals surface area contributed by atoms with Crippen LogP contribution in [0.3, 0.4) is 0 Å². The maximum atomic E-state index is 10.9. The van der Waals surface area contributed by atoms with Crippen LogP contribution in [0.15, 0.2) is 28.7 Å². The van der Waals surface area contributed by atoms with E-state index in [9.17, 15) is 5.11 Å². The number of aliphatic hydroxyl groups is 1. The Hall–Kier alpha value is -1.28. The van der Waals surface area contributed by atoms with Crippen molar-refractivity contribution in [3.05, 3.63) is 35.6 Å². The molecule has 0 spiro atoms. The highest BCUT2D eigenvalue weighted by Gasteiger charge is 2.40. The second-order valence-corrected chi connectivity index (χ2v) is 6.80. The summed E-state index contributed by atoms with van der Waals surface area (Å²) in [5.74, 6) is 0.743. The van der Waals surface area contributed by atoms with Crippen molar-refractivity contribution >= 4 is 11.0 Å². The van der Waals surface area contributed by atoms with Gasteiger partial charge in [-0.05, 0) is 49.7 Å². The molecule has 0 radical (unpaired) electrons. The van der Waals surface area contributed by atoms with E-state index in [1.54, 1.807) is 0 Å². The smallest absolute Gasteiger partial charge is 0.137 e. The molecule has 1 aliphatic carbocycles. The van der Waals surface area contributed by atoms with E-state index < -0.39 is 5.60 Å². The van der Waals surface area contributed by atoms with E-state index in [-0.39, 0.29) is 0 Å². The van der Waals surface area contributed by atoms with Crippen molar-refractivity contribution in [1.29, 1.82) is 0 Å². The third kappa shape index (κ3) is 2.18. The van der Waals surface area contributed by atoms with Gasteiger partial charge in [-0.15, -0.1) is 0 Å². The molecule has 1 saturated carbocycles. The van der Waals surface area contributed by atoms with Crippen LogP contribution < -0.4 is 0 Å². The predicted octanol–water partition coefficient (Wildman–Crippen LogP) is 4.53. The van der Waals surface area contributed by atoms with Gasteiger partial charge in [-0.3, -0.25) is 0 Å². The van der Waals surface area contributed by atoms with Gasteiger partial charge < -0.3 is 9.52 Å². The lowest BCUT2D eigenvalue weighted by molar-refractivity contribution is -0.0456. The van der Waals surface area contributed by atoms with Gasteiger partial charge in [0.25, 0.3) is 0 Å². The lowest BCUT2D eigenvalue weighted by Gasteiger charge is -2.38. The monoisotopic (exact) mass is 258 g/mol. The van der Waals surface area contributed by atoms with Crippen LogP contribution in [-0.2, 0) is 5.60 Å². The molecule has 1 heterocycles. The second-order valence-electron chi connectivity index (χ2n) is 6.80. The lowest BCUT2D eigenvalue weighted by atomic mass is 9.70. The summed E-state index contributed by atoms with van der Waals surface area (Å²) in [7, 11) is 0. The number of fused-ring (bicyclic) bond motifs is 1. The van der Waals surface area contributed by atoms with Crippen LogP contribution in [-0.4, -0.2) is 5.11 Å². The molecule has 2 nitrogen and oxygen atoms in total. The maximum Gasteiger partial charge on any atom is 0.137 e. The van der Waals surface area contributed by atoms with Crippen LogP contribution in [0.5, 0.6) is 0 Å². The summed E-state index contributed by atoms with van der Waals surface area (Å²) in [4.78, 5) is 0. The molecule has 2 aromatic rings. The zero-order valence-corrected chi connectivity index (χ0v) is 12.0. The first-order valence-corrected chi connectivity index (χ1v) is 7.12. The van der Waals surface area contributed by atoms with Gasteiger partial charge in [0.05, 0.1) is 0 Å². The molecule has 1 fully saturated rings. The Bertz CT molecular complexity index is 597. The Kier molecular flexibility index (Phi) is 2.75. The van der Waals surface area contributed by atoms with Crippen molar-refractivity contribution in [3.8, 4) is 0 Å². The molecule has 102 valence electrons. The molecule has 19 heavy (non-hydrogen) atoms. The largest absolute Gasteiger partial charge is 0.458 e. The summed E-state index contributed by atoms with van der Waals surface area (Å²) in [5, 5.41) is 12.0. The molecule has 0 amide bonds. The van der Waals surface area contributed by atoms with Gasteiger partial charge in [0.1, 0.15) is 16.9 Å². The average molecular weight is 258 g/mol. The predicted molar refractivity (Wildman–Crippen MR) is 77.1 cm³/mol. The van der Waals surface area contributed by atoms with Gasteiger partial charge in [0.15, 0.2) is 0 Å². The minimum atomic E-state index is -0.777. The molecular weight excluding hydrogens is 236 g/mol. The Balaban J connectivity index is 1.98. The fourth-order valence-corrected chi connectivity index (χ4v) is 3.02. The molecule has 1 aromatic heterocycles. The highest BCUT2D eigenvalue weighted by Crippen LogP contribution is 2.46. The van der Waals surface area contributed by atoms with Gasteiger partial charge in [-0.1, -0.05) is 32.0 Å². The summed E-state index contributed by atoms with van der Waals surface area (Å²) < 4.78 is 5.96. The van der Waals surface area contributed by atoms with Crippen LogP contribution in [0.2, 0.25) is 0 Å². The second kappa shape index (κ2) is 4.11. The normalized spacial score (nSPS) is 21.7. The Morgan fingerprint density at radius 1 is 1.11 bits per heavy atom. The van der Waals surface area contributed by atoms with Crippen LogP contribution in [0.1, 0.15) is 50.9 Å². The van der Waals surface area contributed by atoms with E-state index in [1.807, 2.05) is 31.2 Å². The molecule has 1 N–H and O–H groups in total. The quantitative estimate of drug-likeness (QED) is 0.815. The number of rotatable bonds is 1. The van der Waals surface area contributed by atoms with E-state index in [0.29, 0.717) is 5.41 Å². The number of hydrogen-bond acceptors (Lipinski definition) is 2. The van der Waals surface area contributed by atoms with Crippen LogP contribution >= 0.6 is 0 Å². The average Bonchev–Trinajstić information content (AvgIpc) is 2.80. The molecular formula is C17H22O2. The van der Waals surface area contributed by atoms with Crippen molar-refractivity contribution in [2.45, 2.75) is 52.1 Å². The SMILES string of the molecule is Cc1cccc2cc(C3(O)CCC(C)(C)CC3)oc12. The maximum absolute atomic E-state index is 10.9. The third-order valence-corrected chi connectivity index (χ3v) is 4.63. The zero-order valence-electron chi connectivity index (χ0n) is 12.0. The zero-order chi connectivity index (χ0) is 13.7. The molecule has 2 heteroatoms. The van der Waals surface area contributed by atoms with Gasteiger partial charge in [-0.2, -0.15) is 0 Å². The molecule has 1 aliphatic rings. The van der Waals surface area contributed by atoms with E-state index in [2.05, 4.69) is 13.8 Å².